The van der Waals surface area contributed by atoms with Crippen LogP contribution in [0.25, 0.3) is 22.3 Å². The van der Waals surface area contributed by atoms with Crippen molar-refractivity contribution >= 4 is 22.5 Å². The Morgan fingerprint density at radius 3 is 2.82 bits per heavy atom. The summed E-state index contributed by atoms with van der Waals surface area (Å²) in [5, 5.41) is 16.7. The molecular weight excluding hydrogens is 368 g/mol. The van der Waals surface area contributed by atoms with Gasteiger partial charge in [-0.3, -0.25) is 10.2 Å². The minimum absolute atomic E-state index is 0.112. The number of hydrogen-bond donors (Lipinski definition) is 3. The molecule has 3 N–H and O–H groups in total. The summed E-state index contributed by atoms with van der Waals surface area (Å²) in [5.41, 5.74) is 1.72. The minimum Gasteiger partial charge on any atom is -0.364 e. The fraction of sp³-hybridized carbons (Fsp3) is 0.222. The van der Waals surface area contributed by atoms with Gasteiger partial charge in [0, 0.05) is 17.8 Å². The fourth-order valence-corrected chi connectivity index (χ4v) is 3.30. The number of hydrogen-bond acceptors (Lipinski definition) is 6. The summed E-state index contributed by atoms with van der Waals surface area (Å²) in [4.78, 5) is 9.22. The average molecular weight is 383 g/mol. The van der Waals surface area contributed by atoms with E-state index < -0.39 is 17.2 Å². The number of nitrogens with zero attached hydrogens (tertiary/aromatic N) is 4. The van der Waals surface area contributed by atoms with Crippen LogP contribution in [0.15, 0.2) is 24.5 Å². The molecule has 1 aromatic carbocycles. The van der Waals surface area contributed by atoms with Gasteiger partial charge in [-0.2, -0.15) is 10.2 Å². The Morgan fingerprint density at radius 1 is 1.18 bits per heavy atom. The summed E-state index contributed by atoms with van der Waals surface area (Å²) < 4.78 is 33.5. The third kappa shape index (κ3) is 2.53. The number of aromatic nitrogens is 6. The van der Waals surface area contributed by atoms with E-state index in [0.717, 1.165) is 17.3 Å². The maximum Gasteiger partial charge on any atom is 0.165 e. The van der Waals surface area contributed by atoms with E-state index >= 15 is 0 Å². The molecule has 10 heteroatoms. The number of rotatable bonds is 3. The first-order valence-electron chi connectivity index (χ1n) is 8.57. The van der Waals surface area contributed by atoms with Crippen molar-refractivity contribution in [1.82, 2.24) is 30.4 Å². The molecule has 0 fully saturated rings. The predicted octanol–water partition coefficient (Wildman–Crippen LogP) is 3.53. The lowest BCUT2D eigenvalue weighted by Crippen LogP contribution is -2.17. The molecule has 0 saturated heterocycles. The lowest BCUT2D eigenvalue weighted by Gasteiger charge is -2.18. The maximum atomic E-state index is 14.0. The van der Waals surface area contributed by atoms with Crippen LogP contribution in [0.3, 0.4) is 0 Å². The van der Waals surface area contributed by atoms with Crippen LogP contribution in [0.4, 0.5) is 20.4 Å². The van der Waals surface area contributed by atoms with Gasteiger partial charge in [0.15, 0.2) is 17.5 Å². The molecule has 1 aliphatic heterocycles. The van der Waals surface area contributed by atoms with Gasteiger partial charge in [-0.05, 0) is 19.9 Å². The van der Waals surface area contributed by atoms with Gasteiger partial charge < -0.3 is 10.1 Å². The van der Waals surface area contributed by atoms with Gasteiger partial charge in [0.25, 0.3) is 0 Å². The molecule has 0 spiro atoms. The van der Waals surface area contributed by atoms with Gasteiger partial charge in [0.2, 0.25) is 0 Å². The Bertz CT molecular complexity index is 1200. The van der Waals surface area contributed by atoms with Gasteiger partial charge >= 0.3 is 0 Å². The van der Waals surface area contributed by atoms with E-state index in [1.165, 1.54) is 6.07 Å². The second kappa shape index (κ2) is 5.80. The van der Waals surface area contributed by atoms with Crippen LogP contribution < -0.4 is 5.32 Å². The van der Waals surface area contributed by atoms with Crippen LogP contribution in [-0.2, 0) is 16.9 Å². The van der Waals surface area contributed by atoms with E-state index in [-0.39, 0.29) is 16.7 Å². The molecule has 4 heterocycles. The molecule has 0 bridgehead atoms. The number of ether oxygens (including phenoxy) is 1. The number of anilines is 2. The summed E-state index contributed by atoms with van der Waals surface area (Å²) in [6.45, 7) is 4.15. The Morgan fingerprint density at radius 2 is 2.04 bits per heavy atom. The zero-order valence-corrected chi connectivity index (χ0v) is 15.0. The summed E-state index contributed by atoms with van der Waals surface area (Å²) in [6, 6.07) is 2.02. The zero-order chi connectivity index (χ0) is 19.5. The largest absolute Gasteiger partial charge is 0.364 e. The smallest absolute Gasteiger partial charge is 0.165 e. The summed E-state index contributed by atoms with van der Waals surface area (Å²) in [7, 11) is 0. The van der Waals surface area contributed by atoms with Crippen LogP contribution in [0, 0.1) is 11.6 Å². The molecular formula is C18H15F2N7O. The Labute approximate surface area is 157 Å². The van der Waals surface area contributed by atoms with E-state index in [1.807, 2.05) is 13.8 Å². The van der Waals surface area contributed by atoms with E-state index in [0.29, 0.717) is 23.8 Å². The summed E-state index contributed by atoms with van der Waals surface area (Å²) in [5.74, 6) is -0.231. The van der Waals surface area contributed by atoms with Gasteiger partial charge in [0.1, 0.15) is 22.8 Å². The third-order valence-corrected chi connectivity index (χ3v) is 4.74. The zero-order valence-electron chi connectivity index (χ0n) is 15.0. The monoisotopic (exact) mass is 383 g/mol. The molecule has 4 aromatic rings. The molecule has 142 valence electrons. The van der Waals surface area contributed by atoms with Gasteiger partial charge in [0.05, 0.1) is 29.4 Å². The van der Waals surface area contributed by atoms with Crippen molar-refractivity contribution in [2.45, 2.75) is 26.1 Å². The van der Waals surface area contributed by atoms with E-state index in [9.17, 15) is 8.78 Å². The second-order valence-corrected chi connectivity index (χ2v) is 7.02. The van der Waals surface area contributed by atoms with Gasteiger partial charge in [-0.15, -0.1) is 0 Å². The molecule has 28 heavy (non-hydrogen) atoms. The topological polar surface area (TPSA) is 104 Å². The first-order valence-corrected chi connectivity index (χ1v) is 8.57. The highest BCUT2D eigenvalue weighted by Gasteiger charge is 2.36. The Balaban J connectivity index is 1.67. The standard InChI is InChI=1S/C18H15F2N7O/c1-18(2)14-11(7-28-18)16(24-15(23-14)8-5-21-22-6-8)25-17-10-3-9(19)4-12(20)13(10)26-27-17/h3-6H,7H2,1-2H3,(H,21,22)(H2,23,24,25,26,27). The predicted molar refractivity (Wildman–Crippen MR) is 96.7 cm³/mol. The van der Waals surface area contributed by atoms with Crippen molar-refractivity contribution in [3.05, 3.63) is 47.4 Å². The molecule has 0 atom stereocenters. The highest BCUT2D eigenvalue weighted by atomic mass is 19.1. The number of benzene rings is 1. The fourth-order valence-electron chi connectivity index (χ4n) is 3.30. The molecule has 0 saturated carbocycles. The van der Waals surface area contributed by atoms with E-state index in [1.54, 1.807) is 12.4 Å². The molecule has 3 aromatic heterocycles. The highest BCUT2D eigenvalue weighted by Crippen LogP contribution is 2.39. The second-order valence-electron chi connectivity index (χ2n) is 7.02. The van der Waals surface area contributed by atoms with Crippen molar-refractivity contribution in [1.29, 1.82) is 0 Å². The number of halogens is 2. The van der Waals surface area contributed by atoms with Crippen LogP contribution in [0.1, 0.15) is 25.1 Å². The number of nitrogens with one attached hydrogen (secondary N) is 3. The quantitative estimate of drug-likeness (QED) is 0.500. The molecule has 0 amide bonds. The molecule has 8 nitrogen and oxygen atoms in total. The van der Waals surface area contributed by atoms with Crippen LogP contribution in [0.2, 0.25) is 0 Å². The molecule has 0 radical (unpaired) electrons. The third-order valence-electron chi connectivity index (χ3n) is 4.74. The highest BCUT2D eigenvalue weighted by molar-refractivity contribution is 5.91. The molecule has 5 rings (SSSR count). The minimum atomic E-state index is -0.716. The first-order chi connectivity index (χ1) is 13.4. The Kier molecular flexibility index (Phi) is 3.47. The average Bonchev–Trinajstić information content (AvgIpc) is 3.36. The summed E-state index contributed by atoms with van der Waals surface area (Å²) in [6.07, 6.45) is 3.30. The number of H-pyrrole nitrogens is 2. The number of aromatic amines is 2. The van der Waals surface area contributed by atoms with Crippen molar-refractivity contribution < 1.29 is 13.5 Å². The van der Waals surface area contributed by atoms with Crippen LogP contribution in [0.5, 0.6) is 0 Å². The van der Waals surface area contributed by atoms with Gasteiger partial charge in [-0.1, -0.05) is 0 Å². The van der Waals surface area contributed by atoms with Crippen molar-refractivity contribution in [3.63, 3.8) is 0 Å². The molecule has 0 aliphatic carbocycles. The number of fused-ring (bicyclic) bond motifs is 2. The molecule has 1 aliphatic rings. The Hall–Kier alpha value is -3.40. The van der Waals surface area contributed by atoms with Crippen molar-refractivity contribution in [2.75, 3.05) is 5.32 Å². The first kappa shape index (κ1) is 16.8. The summed E-state index contributed by atoms with van der Waals surface area (Å²) >= 11 is 0. The molecule has 0 unspecified atom stereocenters. The van der Waals surface area contributed by atoms with Crippen LogP contribution in [-0.4, -0.2) is 30.4 Å². The van der Waals surface area contributed by atoms with Gasteiger partial charge in [-0.25, -0.2) is 18.7 Å². The van der Waals surface area contributed by atoms with Crippen molar-refractivity contribution in [2.24, 2.45) is 0 Å². The lowest BCUT2D eigenvalue weighted by atomic mass is 10.0. The van der Waals surface area contributed by atoms with Crippen molar-refractivity contribution in [3.8, 4) is 11.4 Å². The van der Waals surface area contributed by atoms with E-state index in [4.69, 9.17) is 4.74 Å². The lowest BCUT2D eigenvalue weighted by molar-refractivity contribution is -0.00995. The SMILES string of the molecule is CC1(C)OCc2c(Nc3n[nH]c4c(F)cc(F)cc34)nc(-c3cn[nH]c3)nc21. The van der Waals surface area contributed by atoms with Crippen LogP contribution >= 0.6 is 0 Å². The maximum absolute atomic E-state index is 14.0. The normalized spacial score (nSPS) is 15.1. The van der Waals surface area contributed by atoms with E-state index in [2.05, 4.69) is 35.7 Å².